The van der Waals surface area contributed by atoms with Crippen molar-refractivity contribution in [1.29, 1.82) is 0 Å². The zero-order valence-electron chi connectivity index (χ0n) is 13.6. The highest BCUT2D eigenvalue weighted by atomic mass is 16.2. The number of hydrazone groups is 2. The topological polar surface area (TPSA) is 82.9 Å². The third kappa shape index (κ3) is 2.92. The Labute approximate surface area is 141 Å². The molecule has 0 aliphatic heterocycles. The lowest BCUT2D eigenvalue weighted by molar-refractivity contribution is -0.126. The van der Waals surface area contributed by atoms with Gasteiger partial charge in [-0.2, -0.15) is 10.2 Å². The van der Waals surface area contributed by atoms with Crippen molar-refractivity contribution < 1.29 is 9.59 Å². The predicted octanol–water partition coefficient (Wildman–Crippen LogP) is 1.90. The van der Waals surface area contributed by atoms with Crippen molar-refractivity contribution in [2.45, 2.75) is 38.5 Å². The molecule has 126 valence electrons. The first-order chi connectivity index (χ1) is 11.7. The molecule has 0 saturated heterocycles. The van der Waals surface area contributed by atoms with E-state index in [1.807, 2.05) is 0 Å². The number of carbonyl (C=O) groups is 2. The summed E-state index contributed by atoms with van der Waals surface area (Å²) in [5.74, 6) is 1.76. The standard InChI is InChI=1S/C18H22N4O2/c23-17(21-19-15-9-11-3-1-5-13(11)15)7-8-18(24)22-20-16-10-12-4-2-6-14(12)16/h1-2,5-6,11-14H,3-4,7-10H2,(H,21,23)(H,22,24)/b19-15-,20-16-/t11-,12-,13-,14+/m0/s1. The number of nitrogens with one attached hydrogen (secondary N) is 2. The normalized spacial score (nSPS) is 35.3. The molecule has 0 radical (unpaired) electrons. The van der Waals surface area contributed by atoms with E-state index in [1.165, 1.54) is 0 Å². The molecule has 4 aliphatic carbocycles. The maximum Gasteiger partial charge on any atom is 0.240 e. The van der Waals surface area contributed by atoms with Crippen LogP contribution in [-0.4, -0.2) is 23.2 Å². The van der Waals surface area contributed by atoms with Gasteiger partial charge in [-0.25, -0.2) is 10.9 Å². The first-order valence-electron chi connectivity index (χ1n) is 8.74. The van der Waals surface area contributed by atoms with Crippen LogP contribution in [0.25, 0.3) is 0 Å². The Bertz CT molecular complexity index is 619. The van der Waals surface area contributed by atoms with Crippen LogP contribution >= 0.6 is 0 Å². The summed E-state index contributed by atoms with van der Waals surface area (Å²) >= 11 is 0. The molecule has 4 atom stereocenters. The zero-order valence-corrected chi connectivity index (χ0v) is 13.6. The van der Waals surface area contributed by atoms with Gasteiger partial charge in [0.25, 0.3) is 0 Å². The Morgan fingerprint density at radius 3 is 1.75 bits per heavy atom. The molecule has 0 bridgehead atoms. The minimum Gasteiger partial charge on any atom is -0.273 e. The van der Waals surface area contributed by atoms with E-state index in [1.54, 1.807) is 0 Å². The second-order valence-corrected chi connectivity index (χ2v) is 7.08. The number of rotatable bonds is 5. The molecule has 2 amide bonds. The Kier molecular flexibility index (Phi) is 4.04. The van der Waals surface area contributed by atoms with Crippen molar-refractivity contribution in [1.82, 2.24) is 10.9 Å². The molecule has 2 saturated carbocycles. The van der Waals surface area contributed by atoms with E-state index in [4.69, 9.17) is 0 Å². The summed E-state index contributed by atoms with van der Waals surface area (Å²) in [6.45, 7) is 0. The van der Waals surface area contributed by atoms with Gasteiger partial charge in [-0.15, -0.1) is 0 Å². The predicted molar refractivity (Wildman–Crippen MR) is 91.1 cm³/mol. The van der Waals surface area contributed by atoms with Crippen LogP contribution in [0.2, 0.25) is 0 Å². The zero-order chi connectivity index (χ0) is 16.5. The molecule has 0 aromatic rings. The van der Waals surface area contributed by atoms with Crippen LogP contribution in [0, 0.1) is 23.7 Å². The van der Waals surface area contributed by atoms with E-state index in [-0.39, 0.29) is 24.7 Å². The Morgan fingerprint density at radius 1 is 0.875 bits per heavy atom. The van der Waals surface area contributed by atoms with E-state index < -0.39 is 0 Å². The SMILES string of the molecule is O=C(CCC(=O)N/N=C1/C[C@@H]2CC=C[C@@H]12)N/N=C1/C[C@@H]2CC=C[C@H]12. The molecule has 2 fully saturated rings. The molecule has 24 heavy (non-hydrogen) atoms. The van der Waals surface area contributed by atoms with Crippen molar-refractivity contribution in [2.24, 2.45) is 33.9 Å². The summed E-state index contributed by atoms with van der Waals surface area (Å²) in [6, 6.07) is 0. The maximum atomic E-state index is 11.8. The molecule has 0 heterocycles. The molecule has 0 spiro atoms. The molecule has 4 aliphatic rings. The fourth-order valence-corrected chi connectivity index (χ4v) is 3.93. The molecular weight excluding hydrogens is 304 g/mol. The van der Waals surface area contributed by atoms with Crippen molar-refractivity contribution in [2.75, 3.05) is 0 Å². The van der Waals surface area contributed by atoms with E-state index >= 15 is 0 Å². The third-order valence-corrected chi connectivity index (χ3v) is 5.52. The van der Waals surface area contributed by atoms with Gasteiger partial charge in [-0.1, -0.05) is 24.3 Å². The highest BCUT2D eigenvalue weighted by Crippen LogP contribution is 2.40. The number of carbonyl (C=O) groups excluding carboxylic acids is 2. The summed E-state index contributed by atoms with van der Waals surface area (Å²) in [5.41, 5.74) is 7.21. The van der Waals surface area contributed by atoms with Gasteiger partial charge in [0.2, 0.25) is 11.8 Å². The molecular formula is C18H22N4O2. The number of hydrogen-bond donors (Lipinski definition) is 2. The van der Waals surface area contributed by atoms with Gasteiger partial charge >= 0.3 is 0 Å². The second-order valence-electron chi connectivity index (χ2n) is 7.08. The average molecular weight is 326 g/mol. The molecule has 0 aromatic heterocycles. The molecule has 6 heteroatoms. The quantitative estimate of drug-likeness (QED) is 0.597. The number of nitrogens with zero attached hydrogens (tertiary/aromatic N) is 2. The average Bonchev–Trinajstić information content (AvgIpc) is 3.09. The first kappa shape index (κ1) is 15.3. The highest BCUT2D eigenvalue weighted by Gasteiger charge is 2.38. The molecule has 0 aromatic carbocycles. The van der Waals surface area contributed by atoms with Gasteiger partial charge in [0, 0.05) is 36.1 Å². The lowest BCUT2D eigenvalue weighted by atomic mass is 9.74. The van der Waals surface area contributed by atoms with Crippen LogP contribution in [0.15, 0.2) is 34.5 Å². The first-order valence-corrected chi connectivity index (χ1v) is 8.74. The third-order valence-electron chi connectivity index (χ3n) is 5.52. The Hall–Kier alpha value is -2.24. The van der Waals surface area contributed by atoms with Crippen molar-refractivity contribution in [3.05, 3.63) is 24.3 Å². The minimum atomic E-state index is -0.224. The maximum absolute atomic E-state index is 11.8. The largest absolute Gasteiger partial charge is 0.273 e. The Morgan fingerprint density at radius 2 is 1.33 bits per heavy atom. The monoisotopic (exact) mass is 326 g/mol. The van der Waals surface area contributed by atoms with Crippen LogP contribution < -0.4 is 10.9 Å². The van der Waals surface area contributed by atoms with Crippen LogP contribution in [0.5, 0.6) is 0 Å². The van der Waals surface area contributed by atoms with Crippen molar-refractivity contribution >= 4 is 23.2 Å². The molecule has 2 N–H and O–H groups in total. The summed E-state index contributed by atoms with van der Waals surface area (Å²) < 4.78 is 0. The van der Waals surface area contributed by atoms with Crippen LogP contribution in [0.4, 0.5) is 0 Å². The van der Waals surface area contributed by atoms with Crippen LogP contribution in [-0.2, 0) is 9.59 Å². The smallest absolute Gasteiger partial charge is 0.240 e. The summed E-state index contributed by atoms with van der Waals surface area (Å²) in [5, 5.41) is 8.36. The summed E-state index contributed by atoms with van der Waals surface area (Å²) in [4.78, 5) is 23.6. The van der Waals surface area contributed by atoms with E-state index in [9.17, 15) is 9.59 Å². The fourth-order valence-electron chi connectivity index (χ4n) is 3.93. The number of hydrogen-bond acceptors (Lipinski definition) is 4. The second kappa shape index (κ2) is 6.34. The summed E-state index contributed by atoms with van der Waals surface area (Å²) in [6.07, 6.45) is 13.1. The highest BCUT2D eigenvalue weighted by molar-refractivity contribution is 5.96. The fraction of sp³-hybridized carbons (Fsp3) is 0.556. The molecule has 6 nitrogen and oxygen atoms in total. The minimum absolute atomic E-state index is 0.128. The lowest BCUT2D eigenvalue weighted by Crippen LogP contribution is -2.36. The van der Waals surface area contributed by atoms with Crippen molar-refractivity contribution in [3.63, 3.8) is 0 Å². The van der Waals surface area contributed by atoms with Crippen LogP contribution in [0.3, 0.4) is 0 Å². The van der Waals surface area contributed by atoms with Crippen LogP contribution in [0.1, 0.15) is 38.5 Å². The van der Waals surface area contributed by atoms with Gasteiger partial charge in [0.1, 0.15) is 0 Å². The van der Waals surface area contributed by atoms with E-state index in [0.717, 1.165) is 37.1 Å². The van der Waals surface area contributed by atoms with Gasteiger partial charge in [0.05, 0.1) is 0 Å². The summed E-state index contributed by atoms with van der Waals surface area (Å²) in [7, 11) is 0. The van der Waals surface area contributed by atoms with E-state index in [0.29, 0.717) is 23.7 Å². The van der Waals surface area contributed by atoms with E-state index in [2.05, 4.69) is 45.4 Å². The Balaban J connectivity index is 1.15. The van der Waals surface area contributed by atoms with Gasteiger partial charge < -0.3 is 0 Å². The van der Waals surface area contributed by atoms with Gasteiger partial charge in [-0.05, 0) is 37.5 Å². The van der Waals surface area contributed by atoms with Crippen molar-refractivity contribution in [3.8, 4) is 0 Å². The number of allylic oxidation sites excluding steroid dienone is 4. The van der Waals surface area contributed by atoms with Gasteiger partial charge in [-0.3, -0.25) is 9.59 Å². The number of fused-ring (bicyclic) bond motifs is 2. The van der Waals surface area contributed by atoms with Gasteiger partial charge in [0.15, 0.2) is 0 Å². The molecule has 0 unspecified atom stereocenters. The number of amides is 2. The lowest BCUT2D eigenvalue weighted by Gasteiger charge is -2.31. The molecule has 4 rings (SSSR count).